The van der Waals surface area contributed by atoms with Crippen LogP contribution >= 0.6 is 22.7 Å². The number of unbranched alkanes of at least 4 members (excludes halogenated alkanes) is 7. The minimum Gasteiger partial charge on any atom is -0.484 e. The SMILES string of the molecule is CC[CH]CCC(C)c1cc2sc(OCCCCCCCC)cc2s1. The number of thiophene rings is 2. The molecule has 0 saturated heterocycles. The molecule has 1 radical (unpaired) electrons. The minimum atomic E-state index is 0.671. The average Bonchev–Trinajstić information content (AvgIpc) is 3.12. The Kier molecular flexibility index (Phi) is 9.19. The largest absolute Gasteiger partial charge is 0.484 e. The molecule has 0 saturated carbocycles. The lowest BCUT2D eigenvalue weighted by Gasteiger charge is -2.07. The van der Waals surface area contributed by atoms with Crippen molar-refractivity contribution in [3.63, 3.8) is 0 Å². The van der Waals surface area contributed by atoms with Crippen molar-refractivity contribution in [1.29, 1.82) is 0 Å². The molecule has 1 nitrogen and oxygen atoms in total. The number of hydrogen-bond acceptors (Lipinski definition) is 3. The van der Waals surface area contributed by atoms with Crippen LogP contribution in [0.4, 0.5) is 0 Å². The Morgan fingerprint density at radius 2 is 1.75 bits per heavy atom. The van der Waals surface area contributed by atoms with E-state index in [-0.39, 0.29) is 0 Å². The quantitative estimate of drug-likeness (QED) is 0.325. The van der Waals surface area contributed by atoms with E-state index in [1.54, 1.807) is 0 Å². The van der Waals surface area contributed by atoms with E-state index >= 15 is 0 Å². The second-order valence-electron chi connectivity index (χ2n) is 6.73. The zero-order valence-electron chi connectivity index (χ0n) is 15.6. The molecule has 0 aliphatic rings. The molecule has 1 unspecified atom stereocenters. The lowest BCUT2D eigenvalue weighted by atomic mass is 10.0. The summed E-state index contributed by atoms with van der Waals surface area (Å²) in [6.07, 6.45) is 14.0. The third kappa shape index (κ3) is 6.40. The van der Waals surface area contributed by atoms with Crippen LogP contribution < -0.4 is 4.74 Å². The van der Waals surface area contributed by atoms with E-state index in [0.717, 1.165) is 11.7 Å². The lowest BCUT2D eigenvalue weighted by molar-refractivity contribution is 0.313. The molecule has 0 N–H and O–H groups in total. The standard InChI is InChI=1S/C21H33OS2/c1-4-6-8-9-10-12-14-22-21-16-20-19(24-21)15-18(23-20)17(3)13-11-7-5-2/h7,15-17H,4-6,8-14H2,1-3H3. The van der Waals surface area contributed by atoms with Gasteiger partial charge in [0.1, 0.15) is 0 Å². The first kappa shape index (κ1) is 19.8. The molecule has 1 atom stereocenters. The topological polar surface area (TPSA) is 9.23 Å². The van der Waals surface area contributed by atoms with Crippen molar-refractivity contribution in [2.75, 3.05) is 6.61 Å². The lowest BCUT2D eigenvalue weighted by Crippen LogP contribution is -1.95. The van der Waals surface area contributed by atoms with Crippen LogP contribution in [0.1, 0.15) is 89.4 Å². The highest BCUT2D eigenvalue weighted by Crippen LogP contribution is 2.40. The maximum atomic E-state index is 5.96. The number of ether oxygens (including phenoxy) is 1. The van der Waals surface area contributed by atoms with Crippen LogP contribution in [-0.2, 0) is 0 Å². The Labute approximate surface area is 156 Å². The average molecular weight is 366 g/mol. The third-order valence-electron chi connectivity index (χ3n) is 4.52. The minimum absolute atomic E-state index is 0.671. The predicted octanol–water partition coefficient (Wildman–Crippen LogP) is 8.20. The summed E-state index contributed by atoms with van der Waals surface area (Å²) in [6.45, 7) is 7.71. The summed E-state index contributed by atoms with van der Waals surface area (Å²) >= 11 is 3.77. The number of rotatable bonds is 13. The van der Waals surface area contributed by atoms with Crippen molar-refractivity contribution in [2.45, 2.75) is 84.5 Å². The molecule has 0 amide bonds. The molecule has 0 aliphatic carbocycles. The van der Waals surface area contributed by atoms with Crippen molar-refractivity contribution in [3.05, 3.63) is 23.4 Å². The van der Waals surface area contributed by atoms with E-state index in [1.165, 1.54) is 72.1 Å². The summed E-state index contributed by atoms with van der Waals surface area (Å²) in [5.41, 5.74) is 0. The zero-order valence-corrected chi connectivity index (χ0v) is 17.2. The first-order chi connectivity index (χ1) is 11.7. The third-order valence-corrected chi connectivity index (χ3v) is 6.96. The van der Waals surface area contributed by atoms with Gasteiger partial charge in [-0.2, -0.15) is 0 Å². The Hall–Kier alpha value is -0.540. The fraction of sp³-hybridized carbons (Fsp3) is 0.667. The monoisotopic (exact) mass is 365 g/mol. The molecule has 2 aromatic rings. The molecule has 0 bridgehead atoms. The molecule has 24 heavy (non-hydrogen) atoms. The van der Waals surface area contributed by atoms with Gasteiger partial charge in [-0.15, -0.1) is 11.3 Å². The molecule has 2 aromatic heterocycles. The van der Waals surface area contributed by atoms with Gasteiger partial charge >= 0.3 is 0 Å². The molecular weight excluding hydrogens is 332 g/mol. The van der Waals surface area contributed by atoms with E-state index in [1.807, 2.05) is 22.7 Å². The van der Waals surface area contributed by atoms with Crippen molar-refractivity contribution in [3.8, 4) is 5.06 Å². The van der Waals surface area contributed by atoms with Gasteiger partial charge in [0.2, 0.25) is 0 Å². The van der Waals surface area contributed by atoms with Gasteiger partial charge in [-0.1, -0.05) is 70.6 Å². The van der Waals surface area contributed by atoms with E-state index in [2.05, 4.69) is 39.3 Å². The molecule has 0 spiro atoms. The molecule has 0 aromatic carbocycles. The Morgan fingerprint density at radius 3 is 2.50 bits per heavy atom. The first-order valence-corrected chi connectivity index (χ1v) is 11.4. The summed E-state index contributed by atoms with van der Waals surface area (Å²) in [5.74, 6) is 0.671. The Morgan fingerprint density at radius 1 is 1.00 bits per heavy atom. The van der Waals surface area contributed by atoms with E-state index in [0.29, 0.717) is 5.92 Å². The molecule has 2 heterocycles. The maximum absolute atomic E-state index is 5.96. The molecule has 0 aliphatic heterocycles. The molecule has 0 fully saturated rings. The van der Waals surface area contributed by atoms with Gasteiger partial charge in [0, 0.05) is 20.3 Å². The van der Waals surface area contributed by atoms with Crippen LogP contribution in [0.5, 0.6) is 5.06 Å². The molecule has 2 rings (SSSR count). The maximum Gasteiger partial charge on any atom is 0.175 e. The Balaban J connectivity index is 1.73. The Bertz CT molecular complexity index is 538. The van der Waals surface area contributed by atoms with E-state index < -0.39 is 0 Å². The normalized spacial score (nSPS) is 12.8. The molecular formula is C21H33OS2. The highest BCUT2D eigenvalue weighted by molar-refractivity contribution is 7.28. The molecule has 3 heteroatoms. The summed E-state index contributed by atoms with van der Waals surface area (Å²) < 4.78 is 8.76. The van der Waals surface area contributed by atoms with Crippen molar-refractivity contribution < 1.29 is 4.74 Å². The highest BCUT2D eigenvalue weighted by Gasteiger charge is 2.12. The van der Waals surface area contributed by atoms with E-state index in [4.69, 9.17) is 4.74 Å². The van der Waals surface area contributed by atoms with Crippen LogP contribution in [0.15, 0.2) is 12.1 Å². The number of fused-ring (bicyclic) bond motifs is 1. The van der Waals surface area contributed by atoms with Crippen LogP contribution in [0, 0.1) is 6.42 Å². The molecule has 135 valence electrons. The van der Waals surface area contributed by atoms with Gasteiger partial charge in [0.05, 0.1) is 6.61 Å². The van der Waals surface area contributed by atoms with Crippen molar-refractivity contribution >= 4 is 32.1 Å². The fourth-order valence-corrected chi connectivity index (χ4v) is 5.27. The predicted molar refractivity (Wildman–Crippen MR) is 111 cm³/mol. The van der Waals surface area contributed by atoms with Gasteiger partial charge < -0.3 is 4.74 Å². The van der Waals surface area contributed by atoms with Crippen molar-refractivity contribution in [2.24, 2.45) is 0 Å². The van der Waals surface area contributed by atoms with Gasteiger partial charge in [-0.05, 0) is 37.7 Å². The van der Waals surface area contributed by atoms with Crippen LogP contribution in [-0.4, -0.2) is 6.61 Å². The summed E-state index contributed by atoms with van der Waals surface area (Å²) in [7, 11) is 0. The highest BCUT2D eigenvalue weighted by atomic mass is 32.1. The van der Waals surface area contributed by atoms with Gasteiger partial charge in [-0.25, -0.2) is 0 Å². The van der Waals surface area contributed by atoms with Crippen molar-refractivity contribution in [1.82, 2.24) is 0 Å². The summed E-state index contributed by atoms with van der Waals surface area (Å²) in [6, 6.07) is 4.63. The second-order valence-corrected chi connectivity index (χ2v) is 8.90. The zero-order chi connectivity index (χ0) is 17.2. The van der Waals surface area contributed by atoms with Crippen LogP contribution in [0.3, 0.4) is 0 Å². The number of hydrogen-bond donors (Lipinski definition) is 0. The first-order valence-electron chi connectivity index (χ1n) is 9.72. The second kappa shape index (κ2) is 11.1. The fourth-order valence-electron chi connectivity index (χ4n) is 2.92. The van der Waals surface area contributed by atoms with Crippen LogP contribution in [0.2, 0.25) is 0 Å². The van der Waals surface area contributed by atoms with Gasteiger partial charge in [0.25, 0.3) is 0 Å². The van der Waals surface area contributed by atoms with E-state index in [9.17, 15) is 0 Å². The summed E-state index contributed by atoms with van der Waals surface area (Å²) in [5, 5.41) is 1.10. The van der Waals surface area contributed by atoms with Gasteiger partial charge in [0.15, 0.2) is 5.06 Å². The van der Waals surface area contributed by atoms with Gasteiger partial charge in [-0.3, -0.25) is 0 Å². The smallest absolute Gasteiger partial charge is 0.175 e. The summed E-state index contributed by atoms with van der Waals surface area (Å²) in [4.78, 5) is 1.53. The van der Waals surface area contributed by atoms with Crippen LogP contribution in [0.25, 0.3) is 9.40 Å².